The molecular weight excluding hydrogens is 1010 g/mol. The SMILES string of the molecule is [2H]c1c([2H])c([2H])c(-c2cccc(N(c3cc(-c4cccc5c4-c4ccccc4C5(C)C)cc(N(c4cccc(Cl)c4)c4cc(-c5ccccc5)cc(-c5ccccc5)c4)c3)c3c(-c4ccccc4)cc(C(C)(C)C)cc3-c3ccccc3)c2)c([2H])c1[2H]. The van der Waals surface area contributed by atoms with E-state index >= 15 is 0 Å². The van der Waals surface area contributed by atoms with Crippen molar-refractivity contribution in [2.45, 2.75) is 45.4 Å². The average molecular weight is 1080 g/mol. The molecule has 0 atom stereocenters. The van der Waals surface area contributed by atoms with Gasteiger partial charge in [-0.2, -0.15) is 0 Å². The predicted molar refractivity (Wildman–Crippen MR) is 350 cm³/mol. The molecule has 13 rings (SSSR count). The molecule has 0 fully saturated rings. The molecule has 82 heavy (non-hydrogen) atoms. The third kappa shape index (κ3) is 9.91. The fourth-order valence-electron chi connectivity index (χ4n) is 12.0. The van der Waals surface area contributed by atoms with E-state index in [1.54, 1.807) is 0 Å². The van der Waals surface area contributed by atoms with E-state index in [1.807, 2.05) is 60.7 Å². The number of nitrogens with zero attached hydrogens (tertiary/aromatic N) is 2. The lowest BCUT2D eigenvalue weighted by Crippen LogP contribution is -2.17. The fourth-order valence-corrected chi connectivity index (χ4v) is 12.2. The van der Waals surface area contributed by atoms with Crippen LogP contribution in [0.15, 0.2) is 291 Å². The van der Waals surface area contributed by atoms with E-state index in [0.717, 1.165) is 89.6 Å². The molecular formula is C79H63ClN2. The zero-order valence-electron chi connectivity index (χ0n) is 51.6. The lowest BCUT2D eigenvalue weighted by atomic mass is 9.81. The Hall–Kier alpha value is -9.47. The second-order valence-corrected chi connectivity index (χ2v) is 23.2. The van der Waals surface area contributed by atoms with Crippen molar-refractivity contribution >= 4 is 45.7 Å². The summed E-state index contributed by atoms with van der Waals surface area (Å²) >= 11 is 7.14. The van der Waals surface area contributed by atoms with E-state index in [9.17, 15) is 2.74 Å². The molecule has 0 unspecified atom stereocenters. The number of rotatable bonds is 12. The Morgan fingerprint density at radius 3 is 1.38 bits per heavy atom. The molecule has 1 aliphatic carbocycles. The van der Waals surface area contributed by atoms with Crippen LogP contribution in [0.2, 0.25) is 5.02 Å². The Morgan fingerprint density at radius 2 is 0.793 bits per heavy atom. The van der Waals surface area contributed by atoms with E-state index < -0.39 is 18.1 Å². The highest BCUT2D eigenvalue weighted by Gasteiger charge is 2.37. The predicted octanol–water partition coefficient (Wildman–Crippen LogP) is 22.9. The van der Waals surface area contributed by atoms with Gasteiger partial charge in [-0.05, 0) is 168 Å². The zero-order valence-corrected chi connectivity index (χ0v) is 47.4. The van der Waals surface area contributed by atoms with Crippen molar-refractivity contribution in [3.63, 3.8) is 0 Å². The van der Waals surface area contributed by atoms with Crippen LogP contribution in [0.4, 0.5) is 34.1 Å². The van der Waals surface area contributed by atoms with E-state index in [4.69, 9.17) is 15.7 Å². The third-order valence-corrected chi connectivity index (χ3v) is 16.3. The van der Waals surface area contributed by atoms with E-state index in [-0.39, 0.29) is 28.5 Å². The molecule has 0 amide bonds. The number of benzene rings is 12. The fraction of sp³-hybridized carbons (Fsp3) is 0.0886. The van der Waals surface area contributed by atoms with Crippen LogP contribution in [0, 0.1) is 0 Å². The molecule has 0 aliphatic heterocycles. The first-order chi connectivity index (χ1) is 42.0. The largest absolute Gasteiger partial charge is 0.310 e. The summed E-state index contributed by atoms with van der Waals surface area (Å²) in [6, 6.07) is 90.0. The molecule has 0 radical (unpaired) electrons. The molecule has 396 valence electrons. The van der Waals surface area contributed by atoms with Crippen LogP contribution in [0.5, 0.6) is 0 Å². The second-order valence-electron chi connectivity index (χ2n) is 22.7. The van der Waals surface area contributed by atoms with Gasteiger partial charge < -0.3 is 9.80 Å². The van der Waals surface area contributed by atoms with Gasteiger partial charge in [0.25, 0.3) is 0 Å². The summed E-state index contributed by atoms with van der Waals surface area (Å²) in [5.74, 6) is 0. The molecule has 0 bridgehead atoms. The van der Waals surface area contributed by atoms with Crippen LogP contribution in [-0.4, -0.2) is 0 Å². The quantitative estimate of drug-likeness (QED) is 0.120. The number of anilines is 6. The summed E-state index contributed by atoms with van der Waals surface area (Å²) in [5, 5.41) is 0.584. The minimum atomic E-state index is -0.442. The molecule has 3 heteroatoms. The standard InChI is InChI=1S/C79H63ClN2/c1-78(2,3)63-50-72(57-32-17-9-18-33-57)77(73(51-63)58-34-19-10-20-35-58)82(65-38-23-36-59(45-65)54-26-11-6-12-27-54)69-49-62(70-41-25-43-75-76(70)71-40-21-22-42-74(71)79(75,4)5)48-68(53-69)81(66-39-24-37-64(80)52-66)67-46-60(55-28-13-7-14-29-55)44-61(47-67)56-30-15-8-16-31-56/h6-53H,1-5H3/i6D,11D,12D,26D,27D. The van der Waals surface area contributed by atoms with Gasteiger partial charge in [-0.15, -0.1) is 0 Å². The normalized spacial score (nSPS) is 13.2. The second kappa shape index (κ2) is 21.5. The van der Waals surface area contributed by atoms with Crippen molar-refractivity contribution in [2.24, 2.45) is 0 Å². The Balaban J connectivity index is 1.20. The Labute approximate surface area is 495 Å². The Kier molecular flexibility index (Phi) is 12.2. The van der Waals surface area contributed by atoms with Crippen LogP contribution in [0.1, 0.15) is 58.2 Å². The lowest BCUT2D eigenvalue weighted by Gasteiger charge is -2.34. The average Bonchev–Trinajstić information content (AvgIpc) is 1.78. The number of hydrogen-bond acceptors (Lipinski definition) is 2. The highest BCUT2D eigenvalue weighted by atomic mass is 35.5. The maximum Gasteiger partial charge on any atom is 0.0629 e. The highest BCUT2D eigenvalue weighted by Crippen LogP contribution is 2.55. The summed E-state index contributed by atoms with van der Waals surface area (Å²) < 4.78 is 44.9. The van der Waals surface area contributed by atoms with Crippen LogP contribution < -0.4 is 9.80 Å². The van der Waals surface area contributed by atoms with E-state index in [2.05, 4.69) is 245 Å². The van der Waals surface area contributed by atoms with E-state index in [0.29, 0.717) is 16.3 Å². The minimum Gasteiger partial charge on any atom is -0.310 e. The van der Waals surface area contributed by atoms with Crippen molar-refractivity contribution in [1.82, 2.24) is 0 Å². The van der Waals surface area contributed by atoms with Crippen LogP contribution >= 0.6 is 11.6 Å². The molecule has 0 N–H and O–H groups in total. The van der Waals surface area contributed by atoms with Gasteiger partial charge in [0.2, 0.25) is 0 Å². The van der Waals surface area contributed by atoms with Crippen molar-refractivity contribution in [1.29, 1.82) is 0 Å². The van der Waals surface area contributed by atoms with Gasteiger partial charge in [0.15, 0.2) is 0 Å². The van der Waals surface area contributed by atoms with Gasteiger partial charge in [0.1, 0.15) is 0 Å². The maximum atomic E-state index is 9.31. The zero-order chi connectivity index (χ0) is 60.3. The molecule has 2 nitrogen and oxygen atoms in total. The molecule has 0 heterocycles. The van der Waals surface area contributed by atoms with Crippen molar-refractivity contribution in [3.8, 4) is 77.9 Å². The summed E-state index contributed by atoms with van der Waals surface area (Å²) in [6.45, 7) is 11.4. The van der Waals surface area contributed by atoms with Crippen LogP contribution in [-0.2, 0) is 10.8 Å². The third-order valence-electron chi connectivity index (χ3n) is 16.1. The summed E-state index contributed by atoms with van der Waals surface area (Å²) in [5.41, 5.74) is 21.3. The lowest BCUT2D eigenvalue weighted by molar-refractivity contribution is 0.591. The van der Waals surface area contributed by atoms with Crippen LogP contribution in [0.25, 0.3) is 77.9 Å². The summed E-state index contributed by atoms with van der Waals surface area (Å²) in [6.07, 6.45) is 0. The number of fused-ring (bicyclic) bond motifs is 3. The summed E-state index contributed by atoms with van der Waals surface area (Å²) in [4.78, 5) is 4.65. The monoisotopic (exact) mass is 1080 g/mol. The van der Waals surface area contributed by atoms with Crippen molar-refractivity contribution in [3.05, 3.63) is 313 Å². The smallest absolute Gasteiger partial charge is 0.0629 e. The minimum absolute atomic E-state index is 0.118. The molecule has 0 saturated heterocycles. The van der Waals surface area contributed by atoms with Gasteiger partial charge in [-0.1, -0.05) is 258 Å². The van der Waals surface area contributed by atoms with E-state index in [1.165, 1.54) is 22.3 Å². The maximum absolute atomic E-state index is 9.31. The van der Waals surface area contributed by atoms with Crippen molar-refractivity contribution < 1.29 is 6.85 Å². The van der Waals surface area contributed by atoms with Crippen LogP contribution in [0.3, 0.4) is 0 Å². The first kappa shape index (κ1) is 46.3. The number of hydrogen-bond donors (Lipinski definition) is 0. The Morgan fingerprint density at radius 1 is 0.341 bits per heavy atom. The highest BCUT2D eigenvalue weighted by molar-refractivity contribution is 6.31. The van der Waals surface area contributed by atoms with Gasteiger partial charge in [0, 0.05) is 50.0 Å². The molecule has 0 spiro atoms. The first-order valence-corrected chi connectivity index (χ1v) is 28.4. The van der Waals surface area contributed by atoms with Gasteiger partial charge in [-0.25, -0.2) is 0 Å². The molecule has 12 aromatic carbocycles. The molecule has 0 aromatic heterocycles. The molecule has 0 saturated carbocycles. The Bertz CT molecular complexity index is 4450. The van der Waals surface area contributed by atoms with Crippen molar-refractivity contribution in [2.75, 3.05) is 9.80 Å². The van der Waals surface area contributed by atoms with Gasteiger partial charge in [0.05, 0.1) is 12.5 Å². The van der Waals surface area contributed by atoms with Gasteiger partial charge >= 0.3 is 0 Å². The molecule has 1 aliphatic rings. The topological polar surface area (TPSA) is 6.48 Å². The first-order valence-electron chi connectivity index (χ1n) is 30.5. The summed E-state index contributed by atoms with van der Waals surface area (Å²) in [7, 11) is 0. The van der Waals surface area contributed by atoms with Gasteiger partial charge in [-0.3, -0.25) is 0 Å². The number of halogens is 1. The molecule has 12 aromatic rings.